The molecule has 0 spiro atoms. The van der Waals surface area contributed by atoms with Crippen molar-refractivity contribution in [1.82, 2.24) is 10.2 Å². The quantitative estimate of drug-likeness (QED) is 0.660. The molecular formula is C16H31N3. The summed E-state index contributed by atoms with van der Waals surface area (Å²) in [4.78, 5) is 2.44. The van der Waals surface area contributed by atoms with Gasteiger partial charge >= 0.3 is 0 Å². The lowest BCUT2D eigenvalue weighted by molar-refractivity contribution is 0.283. The molecule has 19 heavy (non-hydrogen) atoms. The first-order valence-corrected chi connectivity index (χ1v) is 7.91. The average molecular weight is 265 g/mol. The molecule has 3 unspecified atom stereocenters. The van der Waals surface area contributed by atoms with Gasteiger partial charge in [0.15, 0.2) is 0 Å². The molecule has 0 aromatic heterocycles. The first kappa shape index (κ1) is 16.5. The highest BCUT2D eigenvalue weighted by Gasteiger charge is 2.33. The summed E-state index contributed by atoms with van der Waals surface area (Å²) in [5, 5.41) is 12.9. The second-order valence-electron chi connectivity index (χ2n) is 6.31. The van der Waals surface area contributed by atoms with E-state index < -0.39 is 0 Å². The minimum Gasteiger partial charge on any atom is -0.306 e. The third kappa shape index (κ3) is 5.50. The van der Waals surface area contributed by atoms with Crippen LogP contribution in [0.5, 0.6) is 0 Å². The van der Waals surface area contributed by atoms with Crippen molar-refractivity contribution in [2.75, 3.05) is 26.7 Å². The number of rotatable bonds is 10. The van der Waals surface area contributed by atoms with Gasteiger partial charge in [-0.2, -0.15) is 5.26 Å². The van der Waals surface area contributed by atoms with Gasteiger partial charge in [-0.3, -0.25) is 5.32 Å². The summed E-state index contributed by atoms with van der Waals surface area (Å²) in [7, 11) is 2.21. The van der Waals surface area contributed by atoms with Crippen LogP contribution < -0.4 is 5.32 Å². The van der Waals surface area contributed by atoms with E-state index in [0.29, 0.717) is 0 Å². The van der Waals surface area contributed by atoms with Crippen LogP contribution in [0.4, 0.5) is 0 Å². The molecular weight excluding hydrogens is 234 g/mol. The minimum absolute atomic E-state index is 0.302. The second kappa shape index (κ2) is 7.87. The van der Waals surface area contributed by atoms with E-state index in [9.17, 15) is 5.26 Å². The van der Waals surface area contributed by atoms with Crippen LogP contribution in [0.2, 0.25) is 0 Å². The summed E-state index contributed by atoms with van der Waals surface area (Å²) >= 11 is 0. The molecule has 0 saturated heterocycles. The molecule has 0 aromatic carbocycles. The van der Waals surface area contributed by atoms with Gasteiger partial charge in [0.1, 0.15) is 5.54 Å². The first-order chi connectivity index (χ1) is 9.06. The van der Waals surface area contributed by atoms with Gasteiger partial charge in [-0.25, -0.2) is 0 Å². The molecule has 3 nitrogen and oxygen atoms in total. The molecule has 1 N–H and O–H groups in total. The predicted octanol–water partition coefficient (Wildman–Crippen LogP) is 3.03. The Labute approximate surface area is 119 Å². The SMILES string of the molecule is CCCNC(C#N)(CC)CCCN(C)CC1CC1C. The summed E-state index contributed by atoms with van der Waals surface area (Å²) in [6.45, 7) is 9.88. The van der Waals surface area contributed by atoms with Gasteiger partial charge in [0.25, 0.3) is 0 Å². The molecule has 0 heterocycles. The lowest BCUT2D eigenvalue weighted by atomic mass is 9.91. The van der Waals surface area contributed by atoms with E-state index in [4.69, 9.17) is 0 Å². The summed E-state index contributed by atoms with van der Waals surface area (Å²) in [5.41, 5.74) is -0.302. The molecule has 3 heteroatoms. The average Bonchev–Trinajstić information content (AvgIpc) is 3.09. The third-order valence-electron chi connectivity index (χ3n) is 4.50. The van der Waals surface area contributed by atoms with Gasteiger partial charge in [-0.15, -0.1) is 0 Å². The normalized spacial score (nSPS) is 25.1. The minimum atomic E-state index is -0.302. The van der Waals surface area contributed by atoms with Crippen molar-refractivity contribution >= 4 is 0 Å². The zero-order valence-electron chi connectivity index (χ0n) is 13.2. The molecule has 1 aliphatic rings. The van der Waals surface area contributed by atoms with Gasteiger partial charge in [0.05, 0.1) is 6.07 Å². The number of nitriles is 1. The molecule has 110 valence electrons. The van der Waals surface area contributed by atoms with E-state index in [0.717, 1.165) is 50.6 Å². The van der Waals surface area contributed by atoms with Crippen LogP contribution in [-0.2, 0) is 0 Å². The van der Waals surface area contributed by atoms with Crippen molar-refractivity contribution in [1.29, 1.82) is 5.26 Å². The molecule has 0 bridgehead atoms. The summed E-state index contributed by atoms with van der Waals surface area (Å²) in [5.74, 6) is 1.86. The lowest BCUT2D eigenvalue weighted by Crippen LogP contribution is -2.44. The second-order valence-corrected chi connectivity index (χ2v) is 6.31. The van der Waals surface area contributed by atoms with Gasteiger partial charge in [0.2, 0.25) is 0 Å². The summed E-state index contributed by atoms with van der Waals surface area (Å²) < 4.78 is 0. The molecule has 1 aliphatic carbocycles. The van der Waals surface area contributed by atoms with E-state index in [1.54, 1.807) is 0 Å². The Morgan fingerprint density at radius 1 is 1.42 bits per heavy atom. The highest BCUT2D eigenvalue weighted by molar-refractivity contribution is 5.06. The topological polar surface area (TPSA) is 39.1 Å². The highest BCUT2D eigenvalue weighted by Crippen LogP contribution is 2.37. The lowest BCUT2D eigenvalue weighted by Gasteiger charge is -2.27. The molecule has 1 fully saturated rings. The maximum atomic E-state index is 9.43. The molecule has 1 saturated carbocycles. The van der Waals surface area contributed by atoms with Crippen molar-refractivity contribution in [2.45, 2.75) is 58.4 Å². The fraction of sp³-hybridized carbons (Fsp3) is 0.938. The fourth-order valence-electron chi connectivity index (χ4n) is 2.72. The maximum absolute atomic E-state index is 9.43. The van der Waals surface area contributed by atoms with Crippen LogP contribution in [0.25, 0.3) is 0 Å². The van der Waals surface area contributed by atoms with E-state index >= 15 is 0 Å². The number of hydrogen-bond acceptors (Lipinski definition) is 3. The number of hydrogen-bond donors (Lipinski definition) is 1. The molecule has 1 rings (SSSR count). The molecule has 0 amide bonds. The first-order valence-electron chi connectivity index (χ1n) is 7.91. The van der Waals surface area contributed by atoms with Gasteiger partial charge in [-0.05, 0) is 64.1 Å². The standard InChI is InChI=1S/C16H31N3/c1-5-9-18-16(6-2,13-17)8-7-10-19(4)12-15-11-14(15)3/h14-15,18H,5-12H2,1-4H3. The van der Waals surface area contributed by atoms with Crippen molar-refractivity contribution < 1.29 is 0 Å². The number of nitrogens with one attached hydrogen (secondary N) is 1. The Morgan fingerprint density at radius 3 is 2.58 bits per heavy atom. The van der Waals surface area contributed by atoms with Gasteiger partial charge in [-0.1, -0.05) is 20.8 Å². The Bertz CT molecular complexity index is 297. The van der Waals surface area contributed by atoms with Crippen LogP contribution in [0.3, 0.4) is 0 Å². The highest BCUT2D eigenvalue weighted by atomic mass is 15.1. The van der Waals surface area contributed by atoms with Crippen LogP contribution in [0.1, 0.15) is 52.9 Å². The summed E-state index contributed by atoms with van der Waals surface area (Å²) in [6, 6.07) is 2.50. The largest absolute Gasteiger partial charge is 0.306 e. The maximum Gasteiger partial charge on any atom is 0.106 e. The van der Waals surface area contributed by atoms with Crippen LogP contribution in [0, 0.1) is 23.2 Å². The molecule has 3 atom stereocenters. The summed E-state index contributed by atoms with van der Waals surface area (Å²) in [6.07, 6.45) is 5.45. The molecule has 0 aliphatic heterocycles. The van der Waals surface area contributed by atoms with Crippen LogP contribution in [0.15, 0.2) is 0 Å². The van der Waals surface area contributed by atoms with Crippen molar-refractivity contribution in [3.05, 3.63) is 0 Å². The van der Waals surface area contributed by atoms with Crippen molar-refractivity contribution in [2.24, 2.45) is 11.8 Å². The van der Waals surface area contributed by atoms with E-state index in [2.05, 4.69) is 44.1 Å². The monoisotopic (exact) mass is 265 g/mol. The van der Waals surface area contributed by atoms with Crippen LogP contribution in [-0.4, -0.2) is 37.1 Å². The molecule has 0 radical (unpaired) electrons. The van der Waals surface area contributed by atoms with Crippen molar-refractivity contribution in [3.8, 4) is 6.07 Å². The van der Waals surface area contributed by atoms with E-state index in [-0.39, 0.29) is 5.54 Å². The Balaban J connectivity index is 2.25. The number of nitrogens with zero attached hydrogens (tertiary/aromatic N) is 2. The molecule has 0 aromatic rings. The predicted molar refractivity (Wildman–Crippen MR) is 80.9 cm³/mol. The van der Waals surface area contributed by atoms with Crippen molar-refractivity contribution in [3.63, 3.8) is 0 Å². The van der Waals surface area contributed by atoms with Crippen LogP contribution >= 0.6 is 0 Å². The smallest absolute Gasteiger partial charge is 0.106 e. The van der Waals surface area contributed by atoms with E-state index in [1.165, 1.54) is 13.0 Å². The Kier molecular flexibility index (Phi) is 6.82. The van der Waals surface area contributed by atoms with Gasteiger partial charge in [0, 0.05) is 6.54 Å². The van der Waals surface area contributed by atoms with E-state index in [1.807, 2.05) is 0 Å². The zero-order chi connectivity index (χ0) is 14.3. The third-order valence-corrected chi connectivity index (χ3v) is 4.50. The fourth-order valence-corrected chi connectivity index (χ4v) is 2.72. The van der Waals surface area contributed by atoms with Gasteiger partial charge < -0.3 is 4.90 Å². The Hall–Kier alpha value is -0.590. The zero-order valence-corrected chi connectivity index (χ0v) is 13.2. The Morgan fingerprint density at radius 2 is 2.11 bits per heavy atom.